The fraction of sp³-hybridized carbons (Fsp3) is 0.333. The van der Waals surface area contributed by atoms with Crippen molar-refractivity contribution in [1.29, 1.82) is 0 Å². The molecule has 0 bridgehead atoms. The van der Waals surface area contributed by atoms with Crippen LogP contribution in [0.15, 0.2) is 53.2 Å². The average molecular weight is 276 g/mol. The Morgan fingerprint density at radius 2 is 2.21 bits per heavy atom. The molecule has 102 valence electrons. The van der Waals surface area contributed by atoms with E-state index in [1.165, 1.54) is 11.8 Å². The fourth-order valence-corrected chi connectivity index (χ4v) is 2.59. The summed E-state index contributed by atoms with van der Waals surface area (Å²) < 4.78 is 0. The minimum atomic E-state index is 0.0615. The van der Waals surface area contributed by atoms with Crippen LogP contribution >= 0.6 is 11.8 Å². The van der Waals surface area contributed by atoms with Crippen LogP contribution in [0.2, 0.25) is 0 Å². The number of hydrogen-bond donors (Lipinski definition) is 0. The Labute approximate surface area is 119 Å². The van der Waals surface area contributed by atoms with Gasteiger partial charge >= 0.3 is 0 Å². The molecule has 3 nitrogen and oxygen atoms in total. The van der Waals surface area contributed by atoms with Crippen molar-refractivity contribution in [3.8, 4) is 0 Å². The highest BCUT2D eigenvalue weighted by Gasteiger charge is 2.22. The molecule has 1 aliphatic heterocycles. The molecule has 0 radical (unpaired) electrons. The molecule has 0 N–H and O–H groups in total. The topological polar surface area (TPSA) is 32.7 Å². The van der Waals surface area contributed by atoms with Crippen LogP contribution in [0.4, 0.5) is 0 Å². The average Bonchev–Trinajstić information content (AvgIpc) is 2.44. The standard InChI is InChI=1S/C15H20N2OS/c1-5-13-9-8-10-17(14(13)6-2)15(18)11-19-12(4)16-7-3/h5-7H,1-2,4,8-11H2,3H3/b16-7-. The third-order valence-electron chi connectivity index (χ3n) is 2.82. The van der Waals surface area contributed by atoms with E-state index in [0.717, 1.165) is 30.7 Å². The molecule has 0 aromatic carbocycles. The molecular formula is C15H20N2OS. The fourth-order valence-electron chi connectivity index (χ4n) is 1.96. The van der Waals surface area contributed by atoms with Crippen molar-refractivity contribution in [3.05, 3.63) is 48.2 Å². The van der Waals surface area contributed by atoms with E-state index in [9.17, 15) is 4.79 Å². The number of allylic oxidation sites excluding steroid dienone is 3. The zero-order valence-corrected chi connectivity index (χ0v) is 12.2. The first-order valence-electron chi connectivity index (χ1n) is 6.22. The van der Waals surface area contributed by atoms with Gasteiger partial charge in [-0.3, -0.25) is 9.79 Å². The van der Waals surface area contributed by atoms with Crippen molar-refractivity contribution in [1.82, 2.24) is 4.90 Å². The monoisotopic (exact) mass is 276 g/mol. The molecule has 0 aromatic heterocycles. The Kier molecular flexibility index (Phi) is 6.36. The maximum Gasteiger partial charge on any atom is 0.237 e. The van der Waals surface area contributed by atoms with Crippen LogP contribution in [0, 0.1) is 0 Å². The lowest BCUT2D eigenvalue weighted by Gasteiger charge is -2.29. The van der Waals surface area contributed by atoms with Gasteiger partial charge in [0.2, 0.25) is 5.91 Å². The number of aliphatic imine (C=N–C) groups is 1. The number of hydrogen-bond acceptors (Lipinski definition) is 3. The van der Waals surface area contributed by atoms with Crippen molar-refractivity contribution in [2.45, 2.75) is 19.8 Å². The van der Waals surface area contributed by atoms with Crippen LogP contribution in [0.1, 0.15) is 19.8 Å². The summed E-state index contributed by atoms with van der Waals surface area (Å²) in [5, 5.41) is 0.654. The first kappa shape index (κ1) is 15.5. The Morgan fingerprint density at radius 1 is 1.47 bits per heavy atom. The minimum Gasteiger partial charge on any atom is -0.311 e. The lowest BCUT2D eigenvalue weighted by Crippen LogP contribution is -2.35. The molecule has 1 rings (SSSR count). The molecule has 1 amide bonds. The van der Waals surface area contributed by atoms with Gasteiger partial charge in [0.25, 0.3) is 0 Å². The number of rotatable bonds is 6. The SMILES string of the molecule is C=CC1=C(C=C)N(C(=O)CSC(=C)/N=C\C)CCC1. The molecule has 19 heavy (non-hydrogen) atoms. The van der Waals surface area contributed by atoms with E-state index in [0.29, 0.717) is 10.8 Å². The molecule has 0 spiro atoms. The highest BCUT2D eigenvalue weighted by Crippen LogP contribution is 2.25. The van der Waals surface area contributed by atoms with E-state index in [2.05, 4.69) is 24.7 Å². The number of amides is 1. The predicted octanol–water partition coefficient (Wildman–Crippen LogP) is 3.53. The molecule has 1 aliphatic rings. The smallest absolute Gasteiger partial charge is 0.237 e. The van der Waals surface area contributed by atoms with Gasteiger partial charge in [-0.1, -0.05) is 37.6 Å². The highest BCUT2D eigenvalue weighted by atomic mass is 32.2. The second-order valence-corrected chi connectivity index (χ2v) is 5.09. The van der Waals surface area contributed by atoms with Gasteiger partial charge < -0.3 is 4.90 Å². The van der Waals surface area contributed by atoms with Gasteiger partial charge in [-0.2, -0.15) is 0 Å². The van der Waals surface area contributed by atoms with Crippen LogP contribution in [-0.2, 0) is 4.79 Å². The Morgan fingerprint density at radius 3 is 2.79 bits per heavy atom. The lowest BCUT2D eigenvalue weighted by atomic mass is 10.0. The van der Waals surface area contributed by atoms with Gasteiger partial charge in [0.1, 0.15) is 0 Å². The number of carbonyl (C=O) groups excluding carboxylic acids is 1. The van der Waals surface area contributed by atoms with Crippen molar-refractivity contribution in [2.75, 3.05) is 12.3 Å². The summed E-state index contributed by atoms with van der Waals surface area (Å²) in [6.07, 6.45) is 7.13. The van der Waals surface area contributed by atoms with E-state index >= 15 is 0 Å². The van der Waals surface area contributed by atoms with Crippen molar-refractivity contribution in [3.63, 3.8) is 0 Å². The van der Waals surface area contributed by atoms with Gasteiger partial charge in [-0.25, -0.2) is 0 Å². The molecule has 1 heterocycles. The molecule has 4 heteroatoms. The van der Waals surface area contributed by atoms with Crippen LogP contribution < -0.4 is 0 Å². The summed E-state index contributed by atoms with van der Waals surface area (Å²) >= 11 is 1.36. The maximum atomic E-state index is 12.2. The van der Waals surface area contributed by atoms with E-state index in [1.807, 2.05) is 13.0 Å². The quantitative estimate of drug-likeness (QED) is 0.695. The third-order valence-corrected chi connectivity index (χ3v) is 3.65. The third kappa shape index (κ3) is 4.24. The van der Waals surface area contributed by atoms with Gasteiger partial charge in [-0.15, -0.1) is 0 Å². The van der Waals surface area contributed by atoms with Crippen LogP contribution in [-0.4, -0.2) is 29.3 Å². The Balaban J connectivity index is 2.73. The second-order valence-electron chi connectivity index (χ2n) is 4.04. The normalized spacial score (nSPS) is 15.7. The predicted molar refractivity (Wildman–Crippen MR) is 84.1 cm³/mol. The largest absolute Gasteiger partial charge is 0.311 e. The van der Waals surface area contributed by atoms with Gasteiger partial charge in [-0.05, 0) is 31.4 Å². The molecule has 0 atom stereocenters. The van der Waals surface area contributed by atoms with Gasteiger partial charge in [0.15, 0.2) is 0 Å². The van der Waals surface area contributed by atoms with E-state index in [4.69, 9.17) is 0 Å². The lowest BCUT2D eigenvalue weighted by molar-refractivity contribution is -0.126. The Bertz CT molecular complexity index is 449. The van der Waals surface area contributed by atoms with Gasteiger partial charge in [0, 0.05) is 18.5 Å². The summed E-state index contributed by atoms with van der Waals surface area (Å²) in [5.41, 5.74) is 1.97. The second kappa shape index (κ2) is 7.79. The maximum absolute atomic E-state index is 12.2. The van der Waals surface area contributed by atoms with E-state index in [1.54, 1.807) is 17.2 Å². The minimum absolute atomic E-state index is 0.0615. The first-order valence-corrected chi connectivity index (χ1v) is 7.21. The number of carbonyl (C=O) groups is 1. The van der Waals surface area contributed by atoms with Crippen LogP contribution in [0.5, 0.6) is 0 Å². The van der Waals surface area contributed by atoms with Crippen LogP contribution in [0.25, 0.3) is 0 Å². The highest BCUT2D eigenvalue weighted by molar-refractivity contribution is 8.03. The molecule has 0 saturated carbocycles. The summed E-state index contributed by atoms with van der Waals surface area (Å²) in [6, 6.07) is 0. The van der Waals surface area contributed by atoms with Crippen molar-refractivity contribution >= 4 is 23.9 Å². The Hall–Kier alpha value is -1.55. The summed E-state index contributed by atoms with van der Waals surface area (Å²) in [4.78, 5) is 18.1. The van der Waals surface area contributed by atoms with E-state index in [-0.39, 0.29) is 5.91 Å². The number of nitrogens with zero attached hydrogens (tertiary/aromatic N) is 2. The zero-order chi connectivity index (χ0) is 14.3. The van der Waals surface area contributed by atoms with E-state index < -0.39 is 0 Å². The molecule has 0 aliphatic carbocycles. The molecular weight excluding hydrogens is 256 g/mol. The first-order chi connectivity index (χ1) is 9.13. The summed E-state index contributed by atoms with van der Waals surface area (Å²) in [5.74, 6) is 0.407. The van der Waals surface area contributed by atoms with Crippen LogP contribution in [0.3, 0.4) is 0 Å². The number of thioether (sulfide) groups is 1. The molecule has 0 saturated heterocycles. The summed E-state index contributed by atoms with van der Waals surface area (Å²) in [6.45, 7) is 13.9. The molecule has 0 aromatic rings. The molecule has 0 fully saturated rings. The van der Waals surface area contributed by atoms with Crippen molar-refractivity contribution in [2.24, 2.45) is 4.99 Å². The molecule has 0 unspecified atom stereocenters. The summed E-state index contributed by atoms with van der Waals surface area (Å²) in [7, 11) is 0. The van der Waals surface area contributed by atoms with Gasteiger partial charge in [0.05, 0.1) is 10.8 Å². The zero-order valence-electron chi connectivity index (χ0n) is 11.4. The van der Waals surface area contributed by atoms with Crippen molar-refractivity contribution < 1.29 is 4.79 Å².